The van der Waals surface area contributed by atoms with Crippen molar-refractivity contribution >= 4 is 0 Å². The molecule has 0 radical (unpaired) electrons. The molecule has 0 aromatic heterocycles. The van der Waals surface area contributed by atoms with Crippen LogP contribution in [-0.2, 0) is 0 Å². The van der Waals surface area contributed by atoms with Gasteiger partial charge in [0.1, 0.15) is 0 Å². The van der Waals surface area contributed by atoms with E-state index in [9.17, 15) is 0 Å². The highest BCUT2D eigenvalue weighted by molar-refractivity contribution is 4.79. The van der Waals surface area contributed by atoms with Crippen LogP contribution >= 0.6 is 0 Å². The van der Waals surface area contributed by atoms with E-state index >= 15 is 0 Å². The van der Waals surface area contributed by atoms with Crippen molar-refractivity contribution in [3.63, 3.8) is 0 Å². The molecule has 0 nitrogen and oxygen atoms in total. The lowest BCUT2D eigenvalue weighted by molar-refractivity contribution is 0.150. The van der Waals surface area contributed by atoms with Crippen LogP contribution in [0, 0.1) is 23.7 Å². The maximum atomic E-state index is 2.46. The van der Waals surface area contributed by atoms with Gasteiger partial charge in [0, 0.05) is 0 Å². The van der Waals surface area contributed by atoms with Crippen LogP contribution in [-0.4, -0.2) is 0 Å². The summed E-state index contributed by atoms with van der Waals surface area (Å²) in [5.41, 5.74) is 0. The molecule has 0 bridgehead atoms. The molecule has 1 aliphatic carbocycles. The molecule has 1 rings (SSSR count). The summed E-state index contributed by atoms with van der Waals surface area (Å²) < 4.78 is 0. The average Bonchev–Trinajstić information content (AvgIpc) is 2.08. The Morgan fingerprint density at radius 2 is 1.92 bits per heavy atom. The zero-order valence-corrected chi connectivity index (χ0v) is 9.84. The summed E-state index contributed by atoms with van der Waals surface area (Å²) in [6, 6.07) is 0. The topological polar surface area (TPSA) is 0 Å². The van der Waals surface area contributed by atoms with Gasteiger partial charge in [0.15, 0.2) is 0 Å². The maximum absolute atomic E-state index is 2.46. The van der Waals surface area contributed by atoms with Crippen molar-refractivity contribution in [2.24, 2.45) is 23.7 Å². The van der Waals surface area contributed by atoms with Gasteiger partial charge in [-0.3, -0.25) is 0 Å². The van der Waals surface area contributed by atoms with Crippen LogP contribution in [0.15, 0.2) is 0 Å². The smallest absolute Gasteiger partial charge is 0.0386 e. The summed E-state index contributed by atoms with van der Waals surface area (Å²) >= 11 is 0. The second-order valence-electron chi connectivity index (χ2n) is 5.34. The predicted octanol–water partition coefficient (Wildman–Crippen LogP) is 4.49. The first-order valence-electron chi connectivity index (χ1n) is 6.15. The molecule has 0 aromatic rings. The molecule has 0 amide bonds. The molecule has 0 N–H and O–H groups in total. The minimum absolute atomic E-state index is 0.909. The molecule has 3 unspecified atom stereocenters. The van der Waals surface area contributed by atoms with Crippen LogP contribution < -0.4 is 0 Å². The second kappa shape index (κ2) is 5.02. The SMILES string of the molecule is CCCC1CC(C(C)C)CCC1C. The van der Waals surface area contributed by atoms with Gasteiger partial charge >= 0.3 is 0 Å². The lowest BCUT2D eigenvalue weighted by Crippen LogP contribution is -2.25. The van der Waals surface area contributed by atoms with Gasteiger partial charge < -0.3 is 0 Å². The fourth-order valence-corrected chi connectivity index (χ4v) is 2.83. The Bertz CT molecular complexity index is 137. The molecule has 0 heteroatoms. The zero-order chi connectivity index (χ0) is 9.84. The van der Waals surface area contributed by atoms with Gasteiger partial charge in [0.2, 0.25) is 0 Å². The minimum Gasteiger partial charge on any atom is -0.0654 e. The lowest BCUT2D eigenvalue weighted by atomic mass is 9.70. The standard InChI is InChI=1S/C13H26/c1-5-6-13-9-12(10(2)3)8-7-11(13)4/h10-13H,5-9H2,1-4H3. The molecular weight excluding hydrogens is 156 g/mol. The Morgan fingerprint density at radius 1 is 1.23 bits per heavy atom. The van der Waals surface area contributed by atoms with Crippen molar-refractivity contribution < 1.29 is 0 Å². The van der Waals surface area contributed by atoms with Gasteiger partial charge in [-0.15, -0.1) is 0 Å². The Labute approximate surface area is 84.1 Å². The highest BCUT2D eigenvalue weighted by Gasteiger charge is 2.28. The summed E-state index contributed by atoms with van der Waals surface area (Å²) in [6.07, 6.45) is 7.31. The van der Waals surface area contributed by atoms with Crippen LogP contribution in [0.25, 0.3) is 0 Å². The quantitative estimate of drug-likeness (QED) is 0.603. The zero-order valence-electron chi connectivity index (χ0n) is 9.84. The highest BCUT2D eigenvalue weighted by atomic mass is 14.3. The maximum Gasteiger partial charge on any atom is -0.0386 e. The van der Waals surface area contributed by atoms with Crippen LogP contribution in [0.3, 0.4) is 0 Å². The molecule has 0 aliphatic heterocycles. The van der Waals surface area contributed by atoms with E-state index in [4.69, 9.17) is 0 Å². The van der Waals surface area contributed by atoms with Crippen molar-refractivity contribution in [1.29, 1.82) is 0 Å². The molecule has 1 saturated carbocycles. The van der Waals surface area contributed by atoms with Crippen LogP contribution in [0.1, 0.15) is 59.8 Å². The first kappa shape index (κ1) is 11.1. The molecule has 0 spiro atoms. The van der Waals surface area contributed by atoms with Gasteiger partial charge in [-0.1, -0.05) is 47.0 Å². The van der Waals surface area contributed by atoms with E-state index in [0.717, 1.165) is 23.7 Å². The molecule has 0 saturated heterocycles. The van der Waals surface area contributed by atoms with Crippen LogP contribution in [0.4, 0.5) is 0 Å². The van der Waals surface area contributed by atoms with E-state index < -0.39 is 0 Å². The van der Waals surface area contributed by atoms with Crippen molar-refractivity contribution in [1.82, 2.24) is 0 Å². The molecular formula is C13H26. The summed E-state index contributed by atoms with van der Waals surface area (Å²) in [6.45, 7) is 9.57. The normalized spacial score (nSPS) is 35.3. The largest absolute Gasteiger partial charge is 0.0654 e. The third kappa shape index (κ3) is 3.00. The second-order valence-corrected chi connectivity index (χ2v) is 5.34. The van der Waals surface area contributed by atoms with E-state index in [1.165, 1.54) is 32.1 Å². The monoisotopic (exact) mass is 182 g/mol. The van der Waals surface area contributed by atoms with E-state index in [1.807, 2.05) is 0 Å². The van der Waals surface area contributed by atoms with Gasteiger partial charge in [-0.2, -0.15) is 0 Å². The van der Waals surface area contributed by atoms with Crippen molar-refractivity contribution in [3.8, 4) is 0 Å². The minimum atomic E-state index is 0.909. The Kier molecular flexibility index (Phi) is 4.28. The van der Waals surface area contributed by atoms with Gasteiger partial charge in [-0.25, -0.2) is 0 Å². The third-order valence-corrected chi connectivity index (χ3v) is 4.01. The molecule has 78 valence electrons. The summed E-state index contributed by atoms with van der Waals surface area (Å²) in [5, 5.41) is 0. The average molecular weight is 182 g/mol. The first-order valence-corrected chi connectivity index (χ1v) is 6.15. The molecule has 3 atom stereocenters. The first-order chi connectivity index (χ1) is 6.15. The van der Waals surface area contributed by atoms with Crippen LogP contribution in [0.5, 0.6) is 0 Å². The third-order valence-electron chi connectivity index (χ3n) is 4.01. The van der Waals surface area contributed by atoms with E-state index in [0.29, 0.717) is 0 Å². The molecule has 0 aromatic carbocycles. The fourth-order valence-electron chi connectivity index (χ4n) is 2.83. The Hall–Kier alpha value is 0. The van der Waals surface area contributed by atoms with E-state index in [1.54, 1.807) is 0 Å². The van der Waals surface area contributed by atoms with Crippen molar-refractivity contribution in [2.75, 3.05) is 0 Å². The predicted molar refractivity (Wildman–Crippen MR) is 59.7 cm³/mol. The van der Waals surface area contributed by atoms with Crippen molar-refractivity contribution in [2.45, 2.75) is 59.8 Å². The lowest BCUT2D eigenvalue weighted by Gasteiger charge is -2.36. The van der Waals surface area contributed by atoms with Crippen molar-refractivity contribution in [3.05, 3.63) is 0 Å². The van der Waals surface area contributed by atoms with Gasteiger partial charge in [0.05, 0.1) is 0 Å². The van der Waals surface area contributed by atoms with Gasteiger partial charge in [0.25, 0.3) is 0 Å². The number of hydrogen-bond donors (Lipinski definition) is 0. The molecule has 1 aliphatic rings. The highest BCUT2D eigenvalue weighted by Crippen LogP contribution is 2.39. The van der Waals surface area contributed by atoms with Gasteiger partial charge in [-0.05, 0) is 36.5 Å². The summed E-state index contributed by atoms with van der Waals surface area (Å²) in [5.74, 6) is 3.96. The Balaban J connectivity index is 2.42. The van der Waals surface area contributed by atoms with Crippen LogP contribution in [0.2, 0.25) is 0 Å². The summed E-state index contributed by atoms with van der Waals surface area (Å²) in [4.78, 5) is 0. The molecule has 0 heterocycles. The van der Waals surface area contributed by atoms with E-state index in [2.05, 4.69) is 27.7 Å². The Morgan fingerprint density at radius 3 is 2.46 bits per heavy atom. The molecule has 13 heavy (non-hydrogen) atoms. The number of hydrogen-bond acceptors (Lipinski definition) is 0. The fraction of sp³-hybridized carbons (Fsp3) is 1.00. The summed E-state index contributed by atoms with van der Waals surface area (Å²) in [7, 11) is 0. The number of rotatable bonds is 3. The van der Waals surface area contributed by atoms with E-state index in [-0.39, 0.29) is 0 Å². The molecule has 1 fully saturated rings.